The molecule has 1 atom stereocenters. The lowest BCUT2D eigenvalue weighted by Gasteiger charge is -2.23. The van der Waals surface area contributed by atoms with Gasteiger partial charge >= 0.3 is 0 Å². The van der Waals surface area contributed by atoms with Crippen LogP contribution in [0.2, 0.25) is 0 Å². The van der Waals surface area contributed by atoms with Gasteiger partial charge in [-0.2, -0.15) is 0 Å². The van der Waals surface area contributed by atoms with Gasteiger partial charge in [-0.15, -0.1) is 11.3 Å². The monoisotopic (exact) mass is 262 g/mol. The number of benzene rings is 1. The molecule has 1 N–H and O–H groups in total. The maximum Gasteiger partial charge on any atom is 0.0410 e. The Morgan fingerprint density at radius 3 is 2.83 bits per heavy atom. The molecule has 3 heteroatoms. The van der Waals surface area contributed by atoms with Gasteiger partial charge in [0.1, 0.15) is 0 Å². The molecule has 98 valence electrons. The van der Waals surface area contributed by atoms with Crippen LogP contribution in [-0.4, -0.2) is 32.1 Å². The van der Waals surface area contributed by atoms with Gasteiger partial charge in [-0.25, -0.2) is 0 Å². The van der Waals surface area contributed by atoms with E-state index in [-0.39, 0.29) is 0 Å². The summed E-state index contributed by atoms with van der Waals surface area (Å²) in [6, 6.07) is 11.5. The van der Waals surface area contributed by atoms with Gasteiger partial charge in [0.2, 0.25) is 0 Å². The van der Waals surface area contributed by atoms with Gasteiger partial charge in [-0.1, -0.05) is 18.2 Å². The van der Waals surface area contributed by atoms with Crippen LogP contribution in [0, 0.1) is 0 Å². The highest BCUT2D eigenvalue weighted by Gasteiger charge is 2.13. The fourth-order valence-electron chi connectivity index (χ4n) is 2.12. The fraction of sp³-hybridized carbons (Fsp3) is 0.467. The predicted octanol–water partition coefficient (Wildman–Crippen LogP) is 3.50. The normalized spacial score (nSPS) is 13.3. The molecule has 0 fully saturated rings. The Labute approximate surface area is 114 Å². The van der Waals surface area contributed by atoms with Crippen LogP contribution in [0.25, 0.3) is 10.1 Å². The standard InChI is InChI=1S/C15H22N2S/c1-12(17(3)10-6-9-16-2)15-11-13-7-4-5-8-14(13)18-15/h4-5,7-8,11-12,16H,6,9-10H2,1-3H3. The largest absolute Gasteiger partial charge is 0.320 e. The number of rotatable bonds is 6. The van der Waals surface area contributed by atoms with Crippen LogP contribution < -0.4 is 5.32 Å². The van der Waals surface area contributed by atoms with Crippen molar-refractivity contribution in [2.24, 2.45) is 0 Å². The summed E-state index contributed by atoms with van der Waals surface area (Å²) in [6.45, 7) is 4.52. The van der Waals surface area contributed by atoms with Crippen molar-refractivity contribution >= 4 is 21.4 Å². The molecule has 1 unspecified atom stereocenters. The number of nitrogens with one attached hydrogen (secondary N) is 1. The molecule has 1 aromatic carbocycles. The Morgan fingerprint density at radius 1 is 1.33 bits per heavy atom. The highest BCUT2D eigenvalue weighted by molar-refractivity contribution is 7.19. The molecule has 0 saturated heterocycles. The highest BCUT2D eigenvalue weighted by Crippen LogP contribution is 2.31. The molecule has 0 aliphatic heterocycles. The second-order valence-corrected chi connectivity index (χ2v) is 5.92. The first-order valence-corrected chi connectivity index (χ1v) is 7.37. The Bertz CT molecular complexity index is 459. The molecule has 0 radical (unpaired) electrons. The first-order chi connectivity index (χ1) is 8.72. The van der Waals surface area contributed by atoms with Crippen molar-refractivity contribution in [1.82, 2.24) is 10.2 Å². The Kier molecular flexibility index (Phi) is 4.75. The second-order valence-electron chi connectivity index (χ2n) is 4.80. The molecule has 1 heterocycles. The van der Waals surface area contributed by atoms with Crippen LogP contribution in [0.1, 0.15) is 24.3 Å². The summed E-state index contributed by atoms with van der Waals surface area (Å²) in [4.78, 5) is 3.89. The van der Waals surface area contributed by atoms with E-state index in [1.165, 1.54) is 21.4 Å². The lowest BCUT2D eigenvalue weighted by atomic mass is 10.2. The van der Waals surface area contributed by atoms with Gasteiger partial charge in [0.25, 0.3) is 0 Å². The molecule has 0 aliphatic rings. The molecular formula is C15H22N2S. The molecule has 0 bridgehead atoms. The van der Waals surface area contributed by atoms with Gasteiger partial charge in [0.15, 0.2) is 0 Å². The van der Waals surface area contributed by atoms with Gasteiger partial charge in [-0.05, 0) is 58.0 Å². The third kappa shape index (κ3) is 3.10. The maximum absolute atomic E-state index is 3.20. The smallest absolute Gasteiger partial charge is 0.0410 e. The zero-order valence-corrected chi connectivity index (χ0v) is 12.3. The molecule has 1 aromatic heterocycles. The average Bonchev–Trinajstić information content (AvgIpc) is 2.81. The van der Waals surface area contributed by atoms with Crippen molar-refractivity contribution in [3.63, 3.8) is 0 Å². The van der Waals surface area contributed by atoms with E-state index >= 15 is 0 Å². The molecule has 18 heavy (non-hydrogen) atoms. The predicted molar refractivity (Wildman–Crippen MR) is 81.4 cm³/mol. The maximum atomic E-state index is 3.20. The first kappa shape index (κ1) is 13.5. The number of thiophene rings is 1. The van der Waals surface area contributed by atoms with Crippen LogP contribution in [0.15, 0.2) is 30.3 Å². The number of nitrogens with zero attached hydrogens (tertiary/aromatic N) is 1. The molecule has 2 nitrogen and oxygen atoms in total. The topological polar surface area (TPSA) is 15.3 Å². The zero-order chi connectivity index (χ0) is 13.0. The van der Waals surface area contributed by atoms with Crippen LogP contribution in [0.4, 0.5) is 0 Å². The molecule has 2 aromatic rings. The third-order valence-electron chi connectivity index (χ3n) is 3.46. The third-order valence-corrected chi connectivity index (χ3v) is 4.74. The summed E-state index contributed by atoms with van der Waals surface area (Å²) in [5, 5.41) is 4.57. The van der Waals surface area contributed by atoms with Crippen molar-refractivity contribution in [2.45, 2.75) is 19.4 Å². The molecule has 0 spiro atoms. The van der Waals surface area contributed by atoms with Gasteiger partial charge in [0, 0.05) is 15.6 Å². The fourth-order valence-corrected chi connectivity index (χ4v) is 3.31. The van der Waals surface area contributed by atoms with Crippen molar-refractivity contribution in [3.8, 4) is 0 Å². The first-order valence-electron chi connectivity index (χ1n) is 6.55. The number of fused-ring (bicyclic) bond motifs is 1. The number of hydrogen-bond donors (Lipinski definition) is 1. The van der Waals surface area contributed by atoms with Crippen LogP contribution in [0.3, 0.4) is 0 Å². The van der Waals surface area contributed by atoms with E-state index in [0.29, 0.717) is 6.04 Å². The van der Waals surface area contributed by atoms with Gasteiger partial charge in [0.05, 0.1) is 0 Å². The van der Waals surface area contributed by atoms with Crippen molar-refractivity contribution in [2.75, 3.05) is 27.2 Å². The summed E-state index contributed by atoms with van der Waals surface area (Å²) in [6.07, 6.45) is 1.20. The van der Waals surface area contributed by atoms with Crippen molar-refractivity contribution < 1.29 is 0 Å². The van der Waals surface area contributed by atoms with Crippen LogP contribution in [0.5, 0.6) is 0 Å². The van der Waals surface area contributed by atoms with E-state index < -0.39 is 0 Å². The SMILES string of the molecule is CNCCCN(C)C(C)c1cc2ccccc2s1. The summed E-state index contributed by atoms with van der Waals surface area (Å²) in [7, 11) is 4.22. The minimum Gasteiger partial charge on any atom is -0.320 e. The Balaban J connectivity index is 2.05. The van der Waals surface area contributed by atoms with E-state index in [0.717, 1.165) is 13.1 Å². The molecule has 0 amide bonds. The Morgan fingerprint density at radius 2 is 2.11 bits per heavy atom. The molecule has 0 saturated carbocycles. The molecular weight excluding hydrogens is 240 g/mol. The number of hydrogen-bond acceptors (Lipinski definition) is 3. The lowest BCUT2D eigenvalue weighted by molar-refractivity contribution is 0.261. The summed E-state index contributed by atoms with van der Waals surface area (Å²) < 4.78 is 1.39. The van der Waals surface area contributed by atoms with E-state index in [9.17, 15) is 0 Å². The van der Waals surface area contributed by atoms with Gasteiger partial charge in [-0.3, -0.25) is 4.90 Å². The summed E-state index contributed by atoms with van der Waals surface area (Å²) in [5.74, 6) is 0. The van der Waals surface area contributed by atoms with Crippen LogP contribution in [-0.2, 0) is 0 Å². The van der Waals surface area contributed by atoms with Gasteiger partial charge < -0.3 is 5.32 Å². The highest BCUT2D eigenvalue weighted by atomic mass is 32.1. The van der Waals surface area contributed by atoms with E-state index in [4.69, 9.17) is 0 Å². The van der Waals surface area contributed by atoms with E-state index in [1.807, 2.05) is 18.4 Å². The second kappa shape index (κ2) is 6.32. The van der Waals surface area contributed by atoms with Crippen molar-refractivity contribution in [3.05, 3.63) is 35.2 Å². The Hall–Kier alpha value is -0.900. The minimum atomic E-state index is 0.499. The zero-order valence-electron chi connectivity index (χ0n) is 11.4. The van der Waals surface area contributed by atoms with E-state index in [2.05, 4.69) is 54.5 Å². The molecule has 0 aliphatic carbocycles. The summed E-state index contributed by atoms with van der Waals surface area (Å²) >= 11 is 1.92. The average molecular weight is 262 g/mol. The van der Waals surface area contributed by atoms with Crippen LogP contribution >= 0.6 is 11.3 Å². The molecule has 2 rings (SSSR count). The van der Waals surface area contributed by atoms with E-state index in [1.54, 1.807) is 0 Å². The quantitative estimate of drug-likeness (QED) is 0.802. The summed E-state index contributed by atoms with van der Waals surface area (Å²) in [5.41, 5.74) is 0. The van der Waals surface area contributed by atoms with Crippen molar-refractivity contribution in [1.29, 1.82) is 0 Å². The lowest BCUT2D eigenvalue weighted by Crippen LogP contribution is -2.25. The minimum absolute atomic E-state index is 0.499.